The van der Waals surface area contributed by atoms with Gasteiger partial charge in [0.15, 0.2) is 0 Å². The van der Waals surface area contributed by atoms with Crippen LogP contribution in [0.15, 0.2) is 35.2 Å². The van der Waals surface area contributed by atoms with E-state index < -0.39 is 0 Å². The highest BCUT2D eigenvalue weighted by atomic mass is 79.9. The summed E-state index contributed by atoms with van der Waals surface area (Å²) in [5.41, 5.74) is 0.643. The number of aromatic nitrogens is 3. The summed E-state index contributed by atoms with van der Waals surface area (Å²) in [4.78, 5) is 21.1. The molecule has 3 rings (SSSR count). The number of hydrogen-bond acceptors (Lipinski definition) is 4. The van der Waals surface area contributed by atoms with E-state index in [2.05, 4.69) is 30.9 Å². The Morgan fingerprint density at radius 2 is 2.13 bits per heavy atom. The molecule has 0 bridgehead atoms. The number of nitrogens with zero attached hydrogens (tertiary/aromatic N) is 5. The summed E-state index contributed by atoms with van der Waals surface area (Å²) < 4.78 is 2.67. The van der Waals surface area contributed by atoms with Gasteiger partial charge in [-0.05, 0) is 40.9 Å². The number of amides is 1. The highest BCUT2D eigenvalue weighted by molar-refractivity contribution is 9.10. The van der Waals surface area contributed by atoms with Crippen molar-refractivity contribution in [3.05, 3.63) is 40.8 Å². The van der Waals surface area contributed by atoms with Crippen molar-refractivity contribution in [1.82, 2.24) is 19.7 Å². The minimum atomic E-state index is 0.0376. The standard InChI is InChI=1S/C16H20BrN5O/c1-20-11-12(10-19-20)16(23)21(2)13-5-8-22(9-6-13)15-14(17)4-3-7-18-15/h3-4,7,10-11,13H,5-6,8-9H2,1-2H3. The molecule has 2 aromatic heterocycles. The quantitative estimate of drug-likeness (QED) is 0.823. The summed E-state index contributed by atoms with van der Waals surface area (Å²) in [6.45, 7) is 1.79. The molecule has 0 N–H and O–H groups in total. The molecule has 6 nitrogen and oxygen atoms in total. The number of halogens is 1. The Bertz CT molecular complexity index is 693. The van der Waals surface area contributed by atoms with E-state index in [1.54, 1.807) is 17.1 Å². The minimum Gasteiger partial charge on any atom is -0.356 e. The Balaban J connectivity index is 1.62. The number of aryl methyl sites for hydroxylation is 1. The molecule has 0 aliphatic carbocycles. The monoisotopic (exact) mass is 377 g/mol. The van der Waals surface area contributed by atoms with Crippen molar-refractivity contribution in [1.29, 1.82) is 0 Å². The maximum atomic E-state index is 12.5. The average Bonchev–Trinajstić information content (AvgIpc) is 3.01. The van der Waals surface area contributed by atoms with Gasteiger partial charge in [-0.3, -0.25) is 9.48 Å². The fourth-order valence-electron chi connectivity index (χ4n) is 2.98. The molecule has 1 saturated heterocycles. The molecule has 0 aromatic carbocycles. The lowest BCUT2D eigenvalue weighted by atomic mass is 10.0. The molecule has 0 unspecified atom stereocenters. The molecule has 3 heterocycles. The van der Waals surface area contributed by atoms with Gasteiger partial charge in [-0.1, -0.05) is 0 Å². The lowest BCUT2D eigenvalue weighted by Gasteiger charge is -2.37. The topological polar surface area (TPSA) is 54.3 Å². The van der Waals surface area contributed by atoms with E-state index in [9.17, 15) is 4.79 Å². The predicted molar refractivity (Wildman–Crippen MR) is 92.5 cm³/mol. The maximum Gasteiger partial charge on any atom is 0.257 e. The number of piperidine rings is 1. The Kier molecular flexibility index (Phi) is 4.66. The zero-order chi connectivity index (χ0) is 16.4. The van der Waals surface area contributed by atoms with Gasteiger partial charge in [0.05, 0.1) is 16.2 Å². The van der Waals surface area contributed by atoms with E-state index in [0.29, 0.717) is 5.56 Å². The second-order valence-corrected chi connectivity index (χ2v) is 6.70. The molecule has 1 fully saturated rings. The minimum absolute atomic E-state index is 0.0376. The molecule has 7 heteroatoms. The van der Waals surface area contributed by atoms with E-state index in [4.69, 9.17) is 0 Å². The average molecular weight is 378 g/mol. The molecule has 122 valence electrons. The molecule has 0 radical (unpaired) electrons. The van der Waals surface area contributed by atoms with Crippen LogP contribution in [0.25, 0.3) is 0 Å². The first kappa shape index (κ1) is 16.0. The molecule has 23 heavy (non-hydrogen) atoms. The normalized spacial score (nSPS) is 15.7. The Morgan fingerprint density at radius 3 is 2.74 bits per heavy atom. The first-order valence-electron chi connectivity index (χ1n) is 7.67. The molecule has 1 aliphatic rings. The molecule has 0 spiro atoms. The highest BCUT2D eigenvalue weighted by Crippen LogP contribution is 2.27. The number of hydrogen-bond donors (Lipinski definition) is 0. The molecule has 1 aliphatic heterocycles. The largest absolute Gasteiger partial charge is 0.356 e. The maximum absolute atomic E-state index is 12.5. The van der Waals surface area contributed by atoms with Gasteiger partial charge in [-0.25, -0.2) is 4.98 Å². The van der Waals surface area contributed by atoms with Crippen LogP contribution in [-0.4, -0.2) is 51.8 Å². The van der Waals surface area contributed by atoms with E-state index >= 15 is 0 Å². The number of anilines is 1. The van der Waals surface area contributed by atoms with Crippen molar-refractivity contribution >= 4 is 27.7 Å². The van der Waals surface area contributed by atoms with Crippen molar-refractivity contribution in [2.24, 2.45) is 7.05 Å². The summed E-state index contributed by atoms with van der Waals surface area (Å²) in [5, 5.41) is 4.07. The third-order valence-corrected chi connectivity index (χ3v) is 4.94. The van der Waals surface area contributed by atoms with Crippen LogP contribution in [0.4, 0.5) is 5.82 Å². The smallest absolute Gasteiger partial charge is 0.257 e. The van der Waals surface area contributed by atoms with Crippen molar-refractivity contribution in [2.75, 3.05) is 25.0 Å². The third kappa shape index (κ3) is 3.39. The first-order valence-corrected chi connectivity index (χ1v) is 8.47. The summed E-state index contributed by atoms with van der Waals surface area (Å²) in [7, 11) is 3.70. The Morgan fingerprint density at radius 1 is 1.39 bits per heavy atom. The van der Waals surface area contributed by atoms with Crippen LogP contribution in [0.3, 0.4) is 0 Å². The SMILES string of the molecule is CN(C(=O)c1cnn(C)c1)C1CCN(c2ncccc2Br)CC1. The Labute approximate surface area is 144 Å². The predicted octanol–water partition coefficient (Wildman–Crippen LogP) is 2.32. The van der Waals surface area contributed by atoms with Gasteiger partial charge in [0.1, 0.15) is 5.82 Å². The zero-order valence-corrected chi connectivity index (χ0v) is 14.9. The molecule has 2 aromatic rings. The summed E-state index contributed by atoms with van der Waals surface area (Å²) in [5.74, 6) is 1.02. The number of rotatable bonds is 3. The van der Waals surface area contributed by atoms with Gasteiger partial charge >= 0.3 is 0 Å². The van der Waals surface area contributed by atoms with Gasteiger partial charge in [0, 0.05) is 45.6 Å². The molecule has 0 saturated carbocycles. The lowest BCUT2D eigenvalue weighted by Crippen LogP contribution is -2.45. The number of carbonyl (C=O) groups is 1. The van der Waals surface area contributed by atoms with Gasteiger partial charge in [-0.2, -0.15) is 5.10 Å². The van der Waals surface area contributed by atoms with Gasteiger partial charge < -0.3 is 9.80 Å². The van der Waals surface area contributed by atoms with E-state index in [1.807, 2.05) is 37.3 Å². The fraction of sp³-hybridized carbons (Fsp3) is 0.438. The third-order valence-electron chi connectivity index (χ3n) is 4.32. The van der Waals surface area contributed by atoms with Crippen molar-refractivity contribution in [2.45, 2.75) is 18.9 Å². The van der Waals surface area contributed by atoms with Crippen LogP contribution in [0, 0.1) is 0 Å². The van der Waals surface area contributed by atoms with Gasteiger partial charge in [0.2, 0.25) is 0 Å². The number of pyridine rings is 1. The second-order valence-electron chi connectivity index (χ2n) is 5.85. The van der Waals surface area contributed by atoms with Crippen LogP contribution in [0.2, 0.25) is 0 Å². The fourth-order valence-corrected chi connectivity index (χ4v) is 3.48. The van der Waals surface area contributed by atoms with E-state index in [-0.39, 0.29) is 11.9 Å². The molecule has 0 atom stereocenters. The molecular weight excluding hydrogens is 358 g/mol. The van der Waals surface area contributed by atoms with Crippen LogP contribution in [-0.2, 0) is 7.05 Å². The zero-order valence-electron chi connectivity index (χ0n) is 13.3. The second kappa shape index (κ2) is 6.70. The summed E-state index contributed by atoms with van der Waals surface area (Å²) in [6.07, 6.45) is 7.07. The van der Waals surface area contributed by atoms with Crippen molar-refractivity contribution < 1.29 is 4.79 Å². The summed E-state index contributed by atoms with van der Waals surface area (Å²) in [6, 6.07) is 4.18. The molecular formula is C16H20BrN5O. The lowest BCUT2D eigenvalue weighted by molar-refractivity contribution is 0.0709. The Hall–Kier alpha value is -1.89. The first-order chi connectivity index (χ1) is 11.1. The molecule has 1 amide bonds. The highest BCUT2D eigenvalue weighted by Gasteiger charge is 2.27. The van der Waals surface area contributed by atoms with Gasteiger partial charge in [0.25, 0.3) is 5.91 Å². The van der Waals surface area contributed by atoms with Crippen molar-refractivity contribution in [3.63, 3.8) is 0 Å². The van der Waals surface area contributed by atoms with Crippen LogP contribution in [0.5, 0.6) is 0 Å². The number of carbonyl (C=O) groups excluding carboxylic acids is 1. The van der Waals surface area contributed by atoms with Crippen LogP contribution in [0.1, 0.15) is 23.2 Å². The van der Waals surface area contributed by atoms with Gasteiger partial charge in [-0.15, -0.1) is 0 Å². The van der Waals surface area contributed by atoms with E-state index in [0.717, 1.165) is 36.2 Å². The van der Waals surface area contributed by atoms with Crippen LogP contribution >= 0.6 is 15.9 Å². The van der Waals surface area contributed by atoms with Crippen molar-refractivity contribution in [3.8, 4) is 0 Å². The van der Waals surface area contributed by atoms with Crippen LogP contribution < -0.4 is 4.90 Å². The summed E-state index contributed by atoms with van der Waals surface area (Å²) >= 11 is 3.55. The van der Waals surface area contributed by atoms with E-state index in [1.165, 1.54) is 0 Å².